The normalized spacial score (nSPS) is 19.7. The monoisotopic (exact) mass is 224 g/mol. The molecule has 1 aromatic rings. The fourth-order valence-electron chi connectivity index (χ4n) is 1.73. The van der Waals surface area contributed by atoms with Gasteiger partial charge < -0.3 is 15.7 Å². The van der Waals surface area contributed by atoms with E-state index in [1.54, 1.807) is 0 Å². The van der Waals surface area contributed by atoms with Gasteiger partial charge in [-0.2, -0.15) is 0 Å². The van der Waals surface area contributed by atoms with Crippen LogP contribution in [0.3, 0.4) is 0 Å². The van der Waals surface area contributed by atoms with Crippen LogP contribution in [0.25, 0.3) is 0 Å². The van der Waals surface area contributed by atoms with Gasteiger partial charge in [-0.3, -0.25) is 4.79 Å². The summed E-state index contributed by atoms with van der Waals surface area (Å²) in [4.78, 5) is 11.7. The minimum Gasteiger partial charge on any atom is -0.508 e. The number of amides is 1. The summed E-state index contributed by atoms with van der Waals surface area (Å²) in [5.74, 6) is -1.33. The van der Waals surface area contributed by atoms with E-state index in [0.29, 0.717) is 6.54 Å². The molecule has 1 aliphatic rings. The van der Waals surface area contributed by atoms with Gasteiger partial charge in [-0.05, 0) is 25.1 Å². The van der Waals surface area contributed by atoms with Gasteiger partial charge in [-0.1, -0.05) is 0 Å². The number of rotatable bonds is 2. The largest absolute Gasteiger partial charge is 0.508 e. The summed E-state index contributed by atoms with van der Waals surface area (Å²) in [6.07, 6.45) is 0.853. The summed E-state index contributed by atoms with van der Waals surface area (Å²) < 4.78 is 13.3. The van der Waals surface area contributed by atoms with E-state index in [9.17, 15) is 9.18 Å². The Morgan fingerprint density at radius 1 is 1.56 bits per heavy atom. The molecule has 1 atom stereocenters. The molecule has 16 heavy (non-hydrogen) atoms. The maximum Gasteiger partial charge on any atom is 0.254 e. The smallest absolute Gasteiger partial charge is 0.254 e. The van der Waals surface area contributed by atoms with Crippen LogP contribution in [-0.4, -0.2) is 30.1 Å². The van der Waals surface area contributed by atoms with Crippen molar-refractivity contribution in [3.05, 3.63) is 29.6 Å². The number of phenols is 1. The van der Waals surface area contributed by atoms with E-state index >= 15 is 0 Å². The van der Waals surface area contributed by atoms with Gasteiger partial charge in [0.1, 0.15) is 11.6 Å². The quantitative estimate of drug-likeness (QED) is 0.690. The molecular weight excluding hydrogens is 211 g/mol. The highest BCUT2D eigenvalue weighted by Crippen LogP contribution is 2.15. The fraction of sp³-hybridized carbons (Fsp3) is 0.364. The van der Waals surface area contributed by atoms with E-state index < -0.39 is 11.7 Å². The Kier molecular flexibility index (Phi) is 3.05. The lowest BCUT2D eigenvalue weighted by molar-refractivity contribution is 0.0936. The zero-order chi connectivity index (χ0) is 11.5. The lowest BCUT2D eigenvalue weighted by Crippen LogP contribution is -2.36. The highest BCUT2D eigenvalue weighted by atomic mass is 19.1. The van der Waals surface area contributed by atoms with Crippen molar-refractivity contribution in [2.24, 2.45) is 0 Å². The van der Waals surface area contributed by atoms with Crippen molar-refractivity contribution >= 4 is 5.91 Å². The molecule has 1 unspecified atom stereocenters. The van der Waals surface area contributed by atoms with Gasteiger partial charge in [0.15, 0.2) is 0 Å². The van der Waals surface area contributed by atoms with Gasteiger partial charge in [-0.25, -0.2) is 4.39 Å². The maximum atomic E-state index is 13.3. The van der Waals surface area contributed by atoms with E-state index in [1.807, 2.05) is 0 Å². The zero-order valence-corrected chi connectivity index (χ0v) is 8.66. The SMILES string of the molecule is O=C(NC1CCNC1)c1ccc(O)cc1F. The zero-order valence-electron chi connectivity index (χ0n) is 8.66. The highest BCUT2D eigenvalue weighted by molar-refractivity contribution is 5.94. The Balaban J connectivity index is 2.08. The predicted molar refractivity (Wildman–Crippen MR) is 56.8 cm³/mol. The maximum absolute atomic E-state index is 13.3. The number of phenolic OH excluding ortho intramolecular Hbond substituents is 1. The van der Waals surface area contributed by atoms with Gasteiger partial charge >= 0.3 is 0 Å². The number of carbonyl (C=O) groups is 1. The molecule has 1 saturated heterocycles. The van der Waals surface area contributed by atoms with Crippen molar-refractivity contribution in [2.45, 2.75) is 12.5 Å². The van der Waals surface area contributed by atoms with Crippen molar-refractivity contribution < 1.29 is 14.3 Å². The number of benzene rings is 1. The van der Waals surface area contributed by atoms with Crippen LogP contribution < -0.4 is 10.6 Å². The predicted octanol–water partition coefficient (Wildman–Crippen LogP) is 0.623. The van der Waals surface area contributed by atoms with E-state index in [-0.39, 0.29) is 17.4 Å². The second kappa shape index (κ2) is 4.49. The second-order valence-electron chi connectivity index (χ2n) is 3.83. The van der Waals surface area contributed by atoms with Crippen molar-refractivity contribution in [3.63, 3.8) is 0 Å². The van der Waals surface area contributed by atoms with E-state index in [0.717, 1.165) is 19.0 Å². The van der Waals surface area contributed by atoms with Gasteiger partial charge in [0.25, 0.3) is 5.91 Å². The van der Waals surface area contributed by atoms with Gasteiger partial charge in [0.05, 0.1) is 5.56 Å². The highest BCUT2D eigenvalue weighted by Gasteiger charge is 2.19. The third-order valence-electron chi connectivity index (χ3n) is 2.59. The fourth-order valence-corrected chi connectivity index (χ4v) is 1.73. The summed E-state index contributed by atoms with van der Waals surface area (Å²) in [5, 5.41) is 14.9. The van der Waals surface area contributed by atoms with Gasteiger partial charge in [-0.15, -0.1) is 0 Å². The summed E-state index contributed by atoms with van der Waals surface area (Å²) in [5.41, 5.74) is -0.0373. The molecule has 0 saturated carbocycles. The van der Waals surface area contributed by atoms with Crippen LogP contribution in [0.5, 0.6) is 5.75 Å². The Bertz CT molecular complexity index is 403. The van der Waals surface area contributed by atoms with E-state index in [1.165, 1.54) is 12.1 Å². The molecule has 1 aliphatic heterocycles. The van der Waals surface area contributed by atoms with Crippen LogP contribution in [0.1, 0.15) is 16.8 Å². The first kappa shape index (κ1) is 10.9. The number of hydrogen-bond donors (Lipinski definition) is 3. The van der Waals surface area contributed by atoms with E-state index in [4.69, 9.17) is 5.11 Å². The Labute approximate surface area is 92.5 Å². The van der Waals surface area contributed by atoms with Crippen LogP contribution in [0.2, 0.25) is 0 Å². The summed E-state index contributed by atoms with van der Waals surface area (Å²) in [6.45, 7) is 1.58. The number of nitrogens with one attached hydrogen (secondary N) is 2. The first-order valence-electron chi connectivity index (χ1n) is 5.17. The average molecular weight is 224 g/mol. The average Bonchev–Trinajstić information content (AvgIpc) is 2.70. The third kappa shape index (κ3) is 2.30. The molecule has 1 heterocycles. The molecule has 3 N–H and O–H groups in total. The molecule has 1 amide bonds. The molecule has 2 rings (SSSR count). The number of carbonyl (C=O) groups excluding carboxylic acids is 1. The molecule has 4 nitrogen and oxygen atoms in total. The molecule has 5 heteroatoms. The van der Waals surface area contributed by atoms with Crippen LogP contribution in [-0.2, 0) is 0 Å². The van der Waals surface area contributed by atoms with Crippen LogP contribution in [0.15, 0.2) is 18.2 Å². The molecule has 0 aromatic heterocycles. The van der Waals surface area contributed by atoms with Crippen LogP contribution >= 0.6 is 0 Å². The minimum atomic E-state index is -0.705. The molecular formula is C11H13FN2O2. The molecule has 0 aliphatic carbocycles. The van der Waals surface area contributed by atoms with Crippen molar-refractivity contribution in [2.75, 3.05) is 13.1 Å². The molecule has 1 aromatic carbocycles. The summed E-state index contributed by atoms with van der Waals surface area (Å²) in [6, 6.07) is 3.57. The first-order valence-corrected chi connectivity index (χ1v) is 5.17. The third-order valence-corrected chi connectivity index (χ3v) is 2.59. The number of aromatic hydroxyl groups is 1. The Morgan fingerprint density at radius 3 is 3.00 bits per heavy atom. The lowest BCUT2D eigenvalue weighted by atomic mass is 10.1. The van der Waals surface area contributed by atoms with E-state index in [2.05, 4.69) is 10.6 Å². The summed E-state index contributed by atoms with van der Waals surface area (Å²) in [7, 11) is 0. The van der Waals surface area contributed by atoms with Gasteiger partial charge in [0.2, 0.25) is 0 Å². The second-order valence-corrected chi connectivity index (χ2v) is 3.83. The molecule has 0 radical (unpaired) electrons. The molecule has 0 bridgehead atoms. The standard InChI is InChI=1S/C11H13FN2O2/c12-10-5-8(15)1-2-9(10)11(16)14-7-3-4-13-6-7/h1-2,5,7,13,15H,3-4,6H2,(H,14,16). The number of halogens is 1. The number of hydrogen-bond acceptors (Lipinski definition) is 3. The van der Waals surface area contributed by atoms with Crippen LogP contribution in [0.4, 0.5) is 4.39 Å². The van der Waals surface area contributed by atoms with Crippen molar-refractivity contribution in [1.29, 1.82) is 0 Å². The molecule has 86 valence electrons. The van der Waals surface area contributed by atoms with Crippen molar-refractivity contribution in [3.8, 4) is 5.75 Å². The summed E-state index contributed by atoms with van der Waals surface area (Å²) >= 11 is 0. The lowest BCUT2D eigenvalue weighted by Gasteiger charge is -2.11. The Morgan fingerprint density at radius 2 is 2.38 bits per heavy atom. The van der Waals surface area contributed by atoms with Crippen molar-refractivity contribution in [1.82, 2.24) is 10.6 Å². The van der Waals surface area contributed by atoms with Crippen LogP contribution in [0, 0.1) is 5.82 Å². The molecule has 0 spiro atoms. The topological polar surface area (TPSA) is 61.4 Å². The minimum absolute atomic E-state index is 0.0373. The van der Waals surface area contributed by atoms with Gasteiger partial charge in [0, 0.05) is 18.7 Å². The first-order chi connectivity index (χ1) is 7.66. The Hall–Kier alpha value is -1.62. The molecule has 1 fully saturated rings.